The van der Waals surface area contributed by atoms with Crippen molar-refractivity contribution in [3.63, 3.8) is 0 Å². The van der Waals surface area contributed by atoms with Crippen molar-refractivity contribution in [2.75, 3.05) is 0 Å². The van der Waals surface area contributed by atoms with Gasteiger partial charge in [-0.3, -0.25) is 0 Å². The zero-order chi connectivity index (χ0) is 10.8. The molecule has 0 bridgehead atoms. The summed E-state index contributed by atoms with van der Waals surface area (Å²) in [6, 6.07) is 20.7. The lowest BCUT2D eigenvalue weighted by atomic mass is 10.2. The molecule has 2 aromatic carbocycles. The lowest BCUT2D eigenvalue weighted by molar-refractivity contribution is 0.0520. The molecule has 0 radical (unpaired) electrons. The van der Waals surface area contributed by atoms with E-state index >= 15 is 0 Å². The Balaban J connectivity index is 1.68. The van der Waals surface area contributed by atoms with E-state index in [1.165, 1.54) is 11.1 Å². The predicted octanol–water partition coefficient (Wildman–Crippen LogP) is 4.15. The molecule has 1 heterocycles. The highest BCUT2D eigenvalue weighted by molar-refractivity contribution is 8.00. The molecule has 16 heavy (non-hydrogen) atoms. The molecule has 1 nitrogen and oxygen atoms in total. The summed E-state index contributed by atoms with van der Waals surface area (Å²) in [7, 11) is 0. The first-order valence-electron chi connectivity index (χ1n) is 5.34. The summed E-state index contributed by atoms with van der Waals surface area (Å²) < 4.78 is 5.87. The molecule has 1 fully saturated rings. The average molecular weight is 228 g/mol. The van der Waals surface area contributed by atoms with Gasteiger partial charge < -0.3 is 4.74 Å². The first kappa shape index (κ1) is 9.94. The van der Waals surface area contributed by atoms with Crippen LogP contribution in [0.2, 0.25) is 0 Å². The molecule has 0 saturated carbocycles. The summed E-state index contributed by atoms with van der Waals surface area (Å²) in [5.74, 6) is 0. The van der Waals surface area contributed by atoms with E-state index in [9.17, 15) is 0 Å². The standard InChI is InChI=1S/C14H12OS/c1-3-7-11(8-4-1)13-15-14(16-13)12-9-5-2-6-10-12/h1-10,13-14H. The van der Waals surface area contributed by atoms with Crippen molar-refractivity contribution in [2.45, 2.75) is 10.9 Å². The molecular formula is C14H12OS. The Bertz CT molecular complexity index is 405. The van der Waals surface area contributed by atoms with Crippen molar-refractivity contribution in [3.8, 4) is 0 Å². The minimum Gasteiger partial charge on any atom is -0.344 e. The number of rotatable bonds is 2. The molecule has 0 aromatic heterocycles. The number of ether oxygens (including phenoxy) is 1. The maximum absolute atomic E-state index is 5.87. The topological polar surface area (TPSA) is 9.23 Å². The number of thioether (sulfide) groups is 1. The molecule has 80 valence electrons. The molecule has 1 aliphatic heterocycles. The maximum atomic E-state index is 5.87. The molecule has 3 rings (SSSR count). The Kier molecular flexibility index (Phi) is 2.68. The van der Waals surface area contributed by atoms with Crippen LogP contribution in [0, 0.1) is 0 Å². The van der Waals surface area contributed by atoms with Gasteiger partial charge in [-0.1, -0.05) is 72.4 Å². The normalized spacial score (nSPS) is 23.8. The van der Waals surface area contributed by atoms with Gasteiger partial charge in [0.15, 0.2) is 0 Å². The van der Waals surface area contributed by atoms with Crippen LogP contribution >= 0.6 is 11.8 Å². The molecule has 2 atom stereocenters. The summed E-state index contributed by atoms with van der Waals surface area (Å²) >= 11 is 1.86. The third-order valence-electron chi connectivity index (χ3n) is 2.64. The van der Waals surface area contributed by atoms with Gasteiger partial charge in [0.25, 0.3) is 0 Å². The Hall–Kier alpha value is -1.25. The van der Waals surface area contributed by atoms with Crippen LogP contribution in [0.3, 0.4) is 0 Å². The number of hydrogen-bond donors (Lipinski definition) is 0. The quantitative estimate of drug-likeness (QED) is 0.763. The monoisotopic (exact) mass is 228 g/mol. The van der Waals surface area contributed by atoms with Gasteiger partial charge in [0, 0.05) is 0 Å². The van der Waals surface area contributed by atoms with E-state index in [1.807, 2.05) is 23.9 Å². The van der Waals surface area contributed by atoms with Gasteiger partial charge in [0.2, 0.25) is 0 Å². The van der Waals surface area contributed by atoms with E-state index in [2.05, 4.69) is 48.5 Å². The zero-order valence-electron chi connectivity index (χ0n) is 8.74. The van der Waals surface area contributed by atoms with Crippen LogP contribution in [0.4, 0.5) is 0 Å². The van der Waals surface area contributed by atoms with Crippen LogP contribution in [0.15, 0.2) is 60.7 Å². The lowest BCUT2D eigenvalue weighted by Gasteiger charge is -2.35. The van der Waals surface area contributed by atoms with Crippen molar-refractivity contribution in [1.29, 1.82) is 0 Å². The summed E-state index contributed by atoms with van der Waals surface area (Å²) in [6.07, 6.45) is 0. The van der Waals surface area contributed by atoms with Crippen molar-refractivity contribution in [2.24, 2.45) is 0 Å². The van der Waals surface area contributed by atoms with Crippen molar-refractivity contribution in [1.82, 2.24) is 0 Å². The number of benzene rings is 2. The van der Waals surface area contributed by atoms with Gasteiger partial charge in [0.05, 0.1) is 0 Å². The van der Waals surface area contributed by atoms with Crippen LogP contribution in [0.25, 0.3) is 0 Å². The lowest BCUT2D eigenvalue weighted by Crippen LogP contribution is -2.16. The Labute approximate surface area is 99.4 Å². The summed E-state index contributed by atoms with van der Waals surface area (Å²) in [5.41, 5.74) is 2.90. The first-order chi connectivity index (χ1) is 7.93. The average Bonchev–Trinajstić information content (AvgIpc) is 2.30. The third kappa shape index (κ3) is 1.86. The number of hydrogen-bond acceptors (Lipinski definition) is 2. The fourth-order valence-electron chi connectivity index (χ4n) is 1.77. The van der Waals surface area contributed by atoms with Crippen molar-refractivity contribution < 1.29 is 4.74 Å². The Morgan fingerprint density at radius 2 is 1.06 bits per heavy atom. The van der Waals surface area contributed by atoms with Crippen LogP contribution < -0.4 is 0 Å². The molecule has 2 heteroatoms. The largest absolute Gasteiger partial charge is 0.344 e. The molecule has 0 amide bonds. The molecule has 0 aliphatic carbocycles. The van der Waals surface area contributed by atoms with Gasteiger partial charge in [-0.15, -0.1) is 0 Å². The smallest absolute Gasteiger partial charge is 0.133 e. The predicted molar refractivity (Wildman–Crippen MR) is 67.0 cm³/mol. The highest BCUT2D eigenvalue weighted by atomic mass is 32.2. The summed E-state index contributed by atoms with van der Waals surface area (Å²) in [6.45, 7) is 0. The minimum absolute atomic E-state index is 0.200. The van der Waals surface area contributed by atoms with Crippen molar-refractivity contribution >= 4 is 11.8 Å². The maximum Gasteiger partial charge on any atom is 0.133 e. The van der Waals surface area contributed by atoms with Crippen LogP contribution in [0.1, 0.15) is 22.0 Å². The van der Waals surface area contributed by atoms with Gasteiger partial charge >= 0.3 is 0 Å². The van der Waals surface area contributed by atoms with E-state index in [0.29, 0.717) is 0 Å². The van der Waals surface area contributed by atoms with Crippen LogP contribution in [-0.4, -0.2) is 0 Å². The molecule has 0 N–H and O–H groups in total. The fourth-order valence-corrected chi connectivity index (χ4v) is 2.80. The SMILES string of the molecule is c1ccc(C2OC(c3ccccc3)S2)cc1. The van der Waals surface area contributed by atoms with Gasteiger partial charge in [-0.2, -0.15) is 0 Å². The fraction of sp³-hybridized carbons (Fsp3) is 0.143. The highest BCUT2D eigenvalue weighted by Gasteiger charge is 2.32. The van der Waals surface area contributed by atoms with E-state index < -0.39 is 0 Å². The molecule has 0 spiro atoms. The zero-order valence-corrected chi connectivity index (χ0v) is 9.56. The molecule has 1 aliphatic rings. The van der Waals surface area contributed by atoms with Crippen molar-refractivity contribution in [3.05, 3.63) is 71.8 Å². The second-order valence-corrected chi connectivity index (χ2v) is 4.89. The van der Waals surface area contributed by atoms with Gasteiger partial charge in [-0.05, 0) is 11.1 Å². The molecule has 2 aromatic rings. The molecule has 2 unspecified atom stereocenters. The first-order valence-corrected chi connectivity index (χ1v) is 6.28. The summed E-state index contributed by atoms with van der Waals surface area (Å²) in [4.78, 5) is 0. The van der Waals surface area contributed by atoms with E-state index in [0.717, 1.165) is 0 Å². The van der Waals surface area contributed by atoms with Gasteiger partial charge in [-0.25, -0.2) is 0 Å². The van der Waals surface area contributed by atoms with Crippen LogP contribution in [-0.2, 0) is 4.74 Å². The van der Waals surface area contributed by atoms with E-state index in [4.69, 9.17) is 4.74 Å². The molecular weight excluding hydrogens is 216 g/mol. The van der Waals surface area contributed by atoms with E-state index in [1.54, 1.807) is 0 Å². The second kappa shape index (κ2) is 4.32. The Morgan fingerprint density at radius 1 is 0.688 bits per heavy atom. The highest BCUT2D eigenvalue weighted by Crippen LogP contribution is 2.54. The van der Waals surface area contributed by atoms with Gasteiger partial charge in [0.1, 0.15) is 10.9 Å². The summed E-state index contributed by atoms with van der Waals surface area (Å²) in [5, 5.41) is 0. The Morgan fingerprint density at radius 3 is 1.44 bits per heavy atom. The molecule has 1 saturated heterocycles. The third-order valence-corrected chi connectivity index (χ3v) is 3.90. The minimum atomic E-state index is 0.200. The van der Waals surface area contributed by atoms with E-state index in [-0.39, 0.29) is 10.9 Å². The van der Waals surface area contributed by atoms with Crippen LogP contribution in [0.5, 0.6) is 0 Å². The second-order valence-electron chi connectivity index (χ2n) is 3.76.